The molecule has 15 heteroatoms. The molecule has 1 aromatic heterocycles. The summed E-state index contributed by atoms with van der Waals surface area (Å²) in [5.74, 6) is -0.628. The third kappa shape index (κ3) is 8.69. The Morgan fingerprint density at radius 2 is 1.55 bits per heavy atom. The minimum Gasteiger partial charge on any atom is -0.466 e. The van der Waals surface area contributed by atoms with Crippen LogP contribution in [0.2, 0.25) is 10.0 Å². The number of H-pyrrole nitrogens is 1. The van der Waals surface area contributed by atoms with E-state index in [2.05, 4.69) is 15.6 Å². The molecule has 1 aliphatic heterocycles. The first-order chi connectivity index (χ1) is 23.3. The maximum atomic E-state index is 13.2. The number of halogens is 5. The van der Waals surface area contributed by atoms with E-state index in [1.807, 2.05) is 36.4 Å². The molecule has 1 saturated heterocycles. The number of anilines is 2. The van der Waals surface area contributed by atoms with E-state index in [0.29, 0.717) is 49.6 Å². The first-order valence-corrected chi connectivity index (χ1v) is 17.9. The molecule has 1 fully saturated rings. The highest BCUT2D eigenvalue weighted by Gasteiger charge is 2.50. The zero-order valence-corrected chi connectivity index (χ0v) is 28.8. The number of piperidine rings is 1. The molecule has 1 aliphatic rings. The van der Waals surface area contributed by atoms with E-state index in [1.165, 1.54) is 6.07 Å². The number of fused-ring (bicyclic) bond motifs is 1. The lowest BCUT2D eigenvalue weighted by molar-refractivity contribution is -0.143. The summed E-state index contributed by atoms with van der Waals surface area (Å²) >= 11 is 12.5. The maximum Gasteiger partial charge on any atom is 0.511 e. The molecule has 0 saturated carbocycles. The fourth-order valence-electron chi connectivity index (χ4n) is 5.99. The van der Waals surface area contributed by atoms with Gasteiger partial charge in [0.2, 0.25) is 0 Å². The van der Waals surface area contributed by atoms with Gasteiger partial charge in [0.15, 0.2) is 0 Å². The van der Waals surface area contributed by atoms with E-state index >= 15 is 0 Å². The molecule has 9 nitrogen and oxygen atoms in total. The number of ether oxygens (including phenoxy) is 1. The highest BCUT2D eigenvalue weighted by molar-refractivity contribution is 7.90. The normalized spacial score (nSPS) is 14.7. The zero-order chi connectivity index (χ0) is 35.3. The Morgan fingerprint density at radius 3 is 2.10 bits per heavy atom. The predicted octanol–water partition coefficient (Wildman–Crippen LogP) is 7.50. The van der Waals surface area contributed by atoms with Gasteiger partial charge in [-0.3, -0.25) is 9.59 Å². The molecule has 0 radical (unpaired) electrons. The van der Waals surface area contributed by atoms with Gasteiger partial charge < -0.3 is 20.4 Å². The highest BCUT2D eigenvalue weighted by atomic mass is 35.5. The van der Waals surface area contributed by atoms with Crippen molar-refractivity contribution in [3.05, 3.63) is 104 Å². The van der Waals surface area contributed by atoms with Gasteiger partial charge in [-0.1, -0.05) is 47.5 Å². The van der Waals surface area contributed by atoms with Crippen molar-refractivity contribution in [2.45, 2.75) is 50.1 Å². The molecule has 2 heterocycles. The molecule has 0 aliphatic carbocycles. The number of carbonyl (C=O) groups excluding carboxylic acids is 1. The molecule has 0 amide bonds. The summed E-state index contributed by atoms with van der Waals surface area (Å²) < 4.78 is 68.9. The quantitative estimate of drug-likeness (QED) is 0.0783. The molecule has 49 heavy (non-hydrogen) atoms. The van der Waals surface area contributed by atoms with Crippen LogP contribution in [0, 0.1) is 0 Å². The number of carbonyl (C=O) groups is 1. The van der Waals surface area contributed by atoms with Crippen molar-refractivity contribution in [2.24, 2.45) is 0 Å². The first kappa shape index (κ1) is 36.5. The van der Waals surface area contributed by atoms with E-state index in [0.717, 1.165) is 16.7 Å². The Balaban J connectivity index is 1.56. The van der Waals surface area contributed by atoms with Crippen LogP contribution in [0.25, 0.3) is 10.9 Å². The number of sulfonamides is 1. The molecule has 4 aromatic rings. The number of aromatic nitrogens is 1. The molecule has 5 rings (SSSR count). The third-order valence-corrected chi connectivity index (χ3v) is 10.5. The molecule has 0 spiro atoms. The zero-order valence-electron chi connectivity index (χ0n) is 26.4. The van der Waals surface area contributed by atoms with Crippen molar-refractivity contribution >= 4 is 61.5 Å². The van der Waals surface area contributed by atoms with E-state index in [1.54, 1.807) is 31.2 Å². The number of pyridine rings is 1. The average molecular weight is 740 g/mol. The Bertz CT molecular complexity index is 1900. The molecule has 0 bridgehead atoms. The molecule has 0 atom stereocenters. The van der Waals surface area contributed by atoms with E-state index in [4.69, 9.17) is 27.9 Å². The number of aromatic amines is 1. The van der Waals surface area contributed by atoms with Crippen LogP contribution in [0.4, 0.5) is 24.5 Å². The number of nitrogens with one attached hydrogen (secondary N) is 3. The Kier molecular flexibility index (Phi) is 11.5. The van der Waals surface area contributed by atoms with Crippen molar-refractivity contribution in [3.8, 4) is 0 Å². The lowest BCUT2D eigenvalue weighted by Crippen LogP contribution is -2.47. The third-order valence-electron chi connectivity index (χ3n) is 8.34. The number of hydrogen-bond donors (Lipinski definition) is 3. The van der Waals surface area contributed by atoms with Gasteiger partial charge in [-0.2, -0.15) is 17.5 Å². The molecule has 3 aromatic carbocycles. The van der Waals surface area contributed by atoms with Gasteiger partial charge in [-0.25, -0.2) is 8.42 Å². The summed E-state index contributed by atoms with van der Waals surface area (Å²) in [6.45, 7) is 1.75. The van der Waals surface area contributed by atoms with Crippen molar-refractivity contribution in [1.29, 1.82) is 0 Å². The summed E-state index contributed by atoms with van der Waals surface area (Å²) in [5, 5.41) is 8.45. The second kappa shape index (κ2) is 15.4. The van der Waals surface area contributed by atoms with Crippen molar-refractivity contribution < 1.29 is 31.1 Å². The maximum absolute atomic E-state index is 13.2. The Morgan fingerprint density at radius 1 is 0.959 bits per heavy atom. The van der Waals surface area contributed by atoms with Gasteiger partial charge in [0.25, 0.3) is 5.56 Å². The largest absolute Gasteiger partial charge is 0.511 e. The second-order valence-electron chi connectivity index (χ2n) is 11.7. The summed E-state index contributed by atoms with van der Waals surface area (Å²) in [6, 6.07) is 19.7. The SMILES string of the molecule is CCOC(=O)CCCNc1cc(C(c2ccc(Cl)cc2)c2ccc(Cl)cc2)cc2c(NC3CCN(S(=O)(=O)C(F)(F)F)CC3)cc(=O)[nH]c12. The monoisotopic (exact) mass is 738 g/mol. The Labute approximate surface area is 291 Å². The van der Waals surface area contributed by atoms with Gasteiger partial charge in [-0.15, -0.1) is 0 Å². The number of alkyl halides is 3. The molecule has 0 unspecified atom stereocenters. The number of nitrogens with zero attached hydrogens (tertiary/aromatic N) is 1. The van der Waals surface area contributed by atoms with Gasteiger partial charge >= 0.3 is 21.5 Å². The van der Waals surface area contributed by atoms with E-state index in [9.17, 15) is 31.2 Å². The predicted molar refractivity (Wildman–Crippen MR) is 186 cm³/mol. The first-order valence-electron chi connectivity index (χ1n) is 15.7. The number of rotatable bonds is 12. The molecular weight excluding hydrogens is 704 g/mol. The van der Waals surface area contributed by atoms with Crippen molar-refractivity contribution in [3.63, 3.8) is 0 Å². The molecule has 3 N–H and O–H groups in total. The van der Waals surface area contributed by atoms with Gasteiger partial charge in [0, 0.05) is 65.2 Å². The Hall–Kier alpha value is -3.78. The summed E-state index contributed by atoms with van der Waals surface area (Å²) in [7, 11) is -5.44. The topological polar surface area (TPSA) is 121 Å². The lowest BCUT2D eigenvalue weighted by Gasteiger charge is -2.32. The van der Waals surface area contributed by atoms with Crippen LogP contribution in [0.3, 0.4) is 0 Å². The summed E-state index contributed by atoms with van der Waals surface area (Å²) in [5.41, 5.74) is -1.58. The number of hydrogen-bond acceptors (Lipinski definition) is 7. The minimum atomic E-state index is -5.44. The van der Waals surface area contributed by atoms with Gasteiger partial charge in [0.1, 0.15) is 0 Å². The number of benzene rings is 3. The van der Waals surface area contributed by atoms with Crippen LogP contribution in [-0.4, -0.2) is 61.5 Å². The lowest BCUT2D eigenvalue weighted by atomic mass is 9.84. The van der Waals surface area contributed by atoms with Crippen molar-refractivity contribution in [1.82, 2.24) is 9.29 Å². The average Bonchev–Trinajstić information content (AvgIpc) is 3.05. The van der Waals surface area contributed by atoms with Crippen LogP contribution >= 0.6 is 23.2 Å². The van der Waals surface area contributed by atoms with Crippen LogP contribution in [0.5, 0.6) is 0 Å². The van der Waals surface area contributed by atoms with Crippen LogP contribution in [-0.2, 0) is 19.6 Å². The van der Waals surface area contributed by atoms with Crippen LogP contribution in [0.15, 0.2) is 71.5 Å². The van der Waals surface area contributed by atoms with Gasteiger partial charge in [-0.05, 0) is 79.3 Å². The van der Waals surface area contributed by atoms with Gasteiger partial charge in [0.05, 0.1) is 17.8 Å². The fraction of sp³-hybridized carbons (Fsp3) is 0.353. The van der Waals surface area contributed by atoms with E-state index < -0.39 is 27.1 Å². The molecular formula is C34H35Cl2F3N4O5S. The molecule has 262 valence electrons. The van der Waals surface area contributed by atoms with Crippen molar-refractivity contribution in [2.75, 3.05) is 36.9 Å². The highest BCUT2D eigenvalue weighted by Crippen LogP contribution is 2.39. The van der Waals surface area contributed by atoms with E-state index in [-0.39, 0.29) is 50.8 Å². The summed E-state index contributed by atoms with van der Waals surface area (Å²) in [6.07, 6.45) is 0.855. The fourth-order valence-corrected chi connectivity index (χ4v) is 7.22. The smallest absolute Gasteiger partial charge is 0.466 e. The van der Waals surface area contributed by atoms with Crippen LogP contribution in [0.1, 0.15) is 55.2 Å². The number of esters is 1. The second-order valence-corrected chi connectivity index (χ2v) is 14.5. The standard InChI is InChI=1S/C34H35Cl2F3N4O5S/c1-2-48-31(45)4-3-15-40-29-19-23(32(21-5-9-24(35)10-6-21)22-7-11-25(36)12-8-22)18-27-28(20-30(44)42-33(27)29)41-26-13-16-43(17-14-26)49(46,47)34(37,38)39/h5-12,18-20,26,32,40H,2-4,13-17H2,1H3,(H2,41,42,44). The minimum absolute atomic E-state index is 0.0977. The van der Waals surface area contributed by atoms with Crippen LogP contribution < -0.4 is 16.2 Å². The summed E-state index contributed by atoms with van der Waals surface area (Å²) in [4.78, 5) is 27.9.